The topological polar surface area (TPSA) is 39.1 Å². The highest BCUT2D eigenvalue weighted by Gasteiger charge is 2.27. The number of piperidine rings is 1. The Kier molecular flexibility index (Phi) is 3.39. The minimum atomic E-state index is -0.418. The molecule has 1 saturated heterocycles. The Labute approximate surface area is 113 Å². The molecule has 0 unspecified atom stereocenters. The number of nitrogens with zero attached hydrogens (tertiary/aromatic N) is 2. The molecule has 1 heterocycles. The van der Waals surface area contributed by atoms with Crippen LogP contribution in [0.25, 0.3) is 0 Å². The molecule has 100 valence electrons. The molecule has 1 aromatic carbocycles. The lowest BCUT2D eigenvalue weighted by molar-refractivity contribution is 0.412. The van der Waals surface area contributed by atoms with Crippen LogP contribution in [-0.2, 0) is 0 Å². The van der Waals surface area contributed by atoms with Crippen molar-refractivity contribution in [3.63, 3.8) is 0 Å². The van der Waals surface area contributed by atoms with Crippen LogP contribution in [0.2, 0.25) is 0 Å². The normalized spacial score (nSPS) is 20.3. The van der Waals surface area contributed by atoms with E-state index in [1.165, 1.54) is 18.9 Å². The summed E-state index contributed by atoms with van der Waals surface area (Å²) in [5.41, 5.74) is 0.920. The summed E-state index contributed by atoms with van der Waals surface area (Å²) in [6.07, 6.45) is 4.75. The first kappa shape index (κ1) is 12.4. The standard InChI is InChI=1S/C15H18FN3/c16-14-2-1-3-15(13(14)10-17)19-8-6-12(7-9-19)18-11-4-5-11/h1-3,11-12,18H,4-9H2. The molecule has 2 aliphatic rings. The van der Waals surface area contributed by atoms with Gasteiger partial charge in [0.25, 0.3) is 0 Å². The summed E-state index contributed by atoms with van der Waals surface area (Å²) in [5.74, 6) is -0.418. The lowest BCUT2D eigenvalue weighted by Gasteiger charge is -2.34. The van der Waals surface area contributed by atoms with Crippen LogP contribution in [0.5, 0.6) is 0 Å². The van der Waals surface area contributed by atoms with Gasteiger partial charge in [-0.2, -0.15) is 5.26 Å². The Morgan fingerprint density at radius 3 is 2.47 bits per heavy atom. The van der Waals surface area contributed by atoms with Gasteiger partial charge < -0.3 is 10.2 Å². The molecule has 2 fully saturated rings. The number of benzene rings is 1. The smallest absolute Gasteiger partial charge is 0.143 e. The predicted octanol–water partition coefficient (Wildman–Crippen LogP) is 2.42. The van der Waals surface area contributed by atoms with Crippen molar-refractivity contribution in [2.75, 3.05) is 18.0 Å². The van der Waals surface area contributed by atoms with Crippen molar-refractivity contribution < 1.29 is 4.39 Å². The Hall–Kier alpha value is -1.60. The predicted molar refractivity (Wildman–Crippen MR) is 72.5 cm³/mol. The van der Waals surface area contributed by atoms with Crippen LogP contribution in [-0.4, -0.2) is 25.2 Å². The molecular weight excluding hydrogens is 241 g/mol. The molecule has 4 heteroatoms. The van der Waals surface area contributed by atoms with Crippen molar-refractivity contribution in [2.24, 2.45) is 0 Å². The van der Waals surface area contributed by atoms with E-state index in [4.69, 9.17) is 5.26 Å². The van der Waals surface area contributed by atoms with E-state index in [1.54, 1.807) is 6.07 Å². The highest BCUT2D eigenvalue weighted by atomic mass is 19.1. The van der Waals surface area contributed by atoms with Crippen LogP contribution in [0, 0.1) is 17.1 Å². The maximum absolute atomic E-state index is 13.6. The number of hydrogen-bond donors (Lipinski definition) is 1. The van der Waals surface area contributed by atoms with E-state index in [2.05, 4.69) is 10.2 Å². The summed E-state index contributed by atoms with van der Waals surface area (Å²) in [6, 6.07) is 8.18. The highest BCUT2D eigenvalue weighted by molar-refractivity contribution is 5.60. The first-order valence-corrected chi connectivity index (χ1v) is 6.97. The molecule has 1 aliphatic carbocycles. The van der Waals surface area contributed by atoms with E-state index >= 15 is 0 Å². The van der Waals surface area contributed by atoms with E-state index < -0.39 is 5.82 Å². The van der Waals surface area contributed by atoms with E-state index in [0.29, 0.717) is 6.04 Å². The summed E-state index contributed by atoms with van der Waals surface area (Å²) >= 11 is 0. The van der Waals surface area contributed by atoms with Gasteiger partial charge in [-0.05, 0) is 37.8 Å². The fourth-order valence-corrected chi connectivity index (χ4v) is 2.76. The van der Waals surface area contributed by atoms with Gasteiger partial charge in [-0.1, -0.05) is 6.07 Å². The number of nitriles is 1. The molecule has 3 rings (SSSR count). The van der Waals surface area contributed by atoms with E-state index in [9.17, 15) is 4.39 Å². The second-order valence-corrected chi connectivity index (χ2v) is 5.45. The second kappa shape index (κ2) is 5.18. The summed E-state index contributed by atoms with van der Waals surface area (Å²) < 4.78 is 13.6. The van der Waals surface area contributed by atoms with Gasteiger partial charge in [-0.25, -0.2) is 4.39 Å². The SMILES string of the molecule is N#Cc1c(F)cccc1N1CCC(NC2CC2)CC1. The van der Waals surface area contributed by atoms with Crippen LogP contribution in [0.15, 0.2) is 18.2 Å². The van der Waals surface area contributed by atoms with Gasteiger partial charge >= 0.3 is 0 Å². The maximum Gasteiger partial charge on any atom is 0.143 e. The van der Waals surface area contributed by atoms with Crippen molar-refractivity contribution in [3.8, 4) is 6.07 Å². The number of anilines is 1. The molecule has 19 heavy (non-hydrogen) atoms. The van der Waals surface area contributed by atoms with E-state index in [1.807, 2.05) is 12.1 Å². The average molecular weight is 259 g/mol. The number of halogens is 1. The van der Waals surface area contributed by atoms with Crippen molar-refractivity contribution >= 4 is 5.69 Å². The molecule has 1 aliphatic heterocycles. The van der Waals surface area contributed by atoms with E-state index in [-0.39, 0.29) is 5.56 Å². The Balaban J connectivity index is 1.67. The van der Waals surface area contributed by atoms with Crippen LogP contribution in [0.3, 0.4) is 0 Å². The summed E-state index contributed by atoms with van der Waals surface area (Å²) in [6.45, 7) is 1.78. The van der Waals surface area contributed by atoms with Crippen molar-refractivity contribution in [1.29, 1.82) is 5.26 Å². The van der Waals surface area contributed by atoms with Crippen LogP contribution in [0.1, 0.15) is 31.2 Å². The number of hydrogen-bond acceptors (Lipinski definition) is 3. The molecule has 1 N–H and O–H groups in total. The zero-order chi connectivity index (χ0) is 13.2. The van der Waals surface area contributed by atoms with Crippen LogP contribution in [0.4, 0.5) is 10.1 Å². The molecular formula is C15H18FN3. The Morgan fingerprint density at radius 2 is 1.84 bits per heavy atom. The molecule has 1 aromatic rings. The average Bonchev–Trinajstić information content (AvgIpc) is 3.23. The molecule has 0 atom stereocenters. The zero-order valence-electron chi connectivity index (χ0n) is 10.9. The molecule has 0 spiro atoms. The first-order valence-electron chi connectivity index (χ1n) is 6.97. The van der Waals surface area contributed by atoms with Gasteiger partial charge in [-0.15, -0.1) is 0 Å². The molecule has 0 amide bonds. The third-order valence-electron chi connectivity index (χ3n) is 3.99. The molecule has 0 aromatic heterocycles. The first-order chi connectivity index (χ1) is 9.28. The van der Waals surface area contributed by atoms with Gasteiger partial charge in [0.2, 0.25) is 0 Å². The number of rotatable bonds is 3. The quantitative estimate of drug-likeness (QED) is 0.906. The Morgan fingerprint density at radius 1 is 1.16 bits per heavy atom. The summed E-state index contributed by atoms with van der Waals surface area (Å²) in [4.78, 5) is 2.13. The second-order valence-electron chi connectivity index (χ2n) is 5.45. The summed E-state index contributed by atoms with van der Waals surface area (Å²) in [5, 5.41) is 12.7. The molecule has 3 nitrogen and oxygen atoms in total. The lowest BCUT2D eigenvalue weighted by atomic mass is 10.0. The fraction of sp³-hybridized carbons (Fsp3) is 0.533. The summed E-state index contributed by atoms with van der Waals surface area (Å²) in [7, 11) is 0. The third kappa shape index (κ3) is 2.71. The van der Waals surface area contributed by atoms with Crippen LogP contribution < -0.4 is 10.2 Å². The molecule has 0 bridgehead atoms. The molecule has 1 saturated carbocycles. The minimum absolute atomic E-state index is 0.177. The van der Waals surface area contributed by atoms with Gasteiger partial charge in [0, 0.05) is 25.2 Å². The fourth-order valence-electron chi connectivity index (χ4n) is 2.76. The van der Waals surface area contributed by atoms with Gasteiger partial charge in [0.1, 0.15) is 17.4 Å². The number of nitrogens with one attached hydrogen (secondary N) is 1. The minimum Gasteiger partial charge on any atom is -0.370 e. The van der Waals surface area contributed by atoms with Crippen molar-refractivity contribution in [1.82, 2.24) is 5.32 Å². The highest BCUT2D eigenvalue weighted by Crippen LogP contribution is 2.27. The van der Waals surface area contributed by atoms with Crippen molar-refractivity contribution in [2.45, 2.75) is 37.8 Å². The van der Waals surface area contributed by atoms with Gasteiger partial charge in [0.15, 0.2) is 0 Å². The lowest BCUT2D eigenvalue weighted by Crippen LogP contribution is -2.43. The van der Waals surface area contributed by atoms with E-state index in [0.717, 1.165) is 37.7 Å². The van der Waals surface area contributed by atoms with Crippen molar-refractivity contribution in [3.05, 3.63) is 29.6 Å². The van der Waals surface area contributed by atoms with Crippen LogP contribution >= 0.6 is 0 Å². The maximum atomic E-state index is 13.6. The Bertz CT molecular complexity index is 497. The van der Waals surface area contributed by atoms with Gasteiger partial charge in [-0.3, -0.25) is 0 Å². The third-order valence-corrected chi connectivity index (χ3v) is 3.99. The molecule has 0 radical (unpaired) electrons. The largest absolute Gasteiger partial charge is 0.370 e. The zero-order valence-corrected chi connectivity index (χ0v) is 10.9. The van der Waals surface area contributed by atoms with Gasteiger partial charge in [0.05, 0.1) is 5.69 Å². The monoisotopic (exact) mass is 259 g/mol.